The maximum atomic E-state index is 4.73. The van der Waals surface area contributed by atoms with Gasteiger partial charge in [-0.25, -0.2) is 4.99 Å². The molecule has 0 aromatic heterocycles. The molecule has 0 amide bonds. The number of hydrogen-bond donors (Lipinski definition) is 0. The molecular formula is C25H20N2. The van der Waals surface area contributed by atoms with Crippen LogP contribution in [0, 0.1) is 23.7 Å². The molecule has 0 atom stereocenters. The Bertz CT molecular complexity index is 1020. The minimum atomic E-state index is 0.704. The average Bonchev–Trinajstić information content (AvgIpc) is 2.72. The number of rotatable bonds is 3. The van der Waals surface area contributed by atoms with Crippen LogP contribution in [-0.4, -0.2) is 19.8 Å². The highest BCUT2D eigenvalue weighted by Gasteiger charge is 2.01. The lowest BCUT2D eigenvalue weighted by Crippen LogP contribution is -2.07. The average molecular weight is 348 g/mol. The van der Waals surface area contributed by atoms with E-state index in [0.717, 1.165) is 22.5 Å². The van der Waals surface area contributed by atoms with E-state index in [4.69, 9.17) is 4.99 Å². The van der Waals surface area contributed by atoms with Gasteiger partial charge in [-0.3, -0.25) is 0 Å². The highest BCUT2D eigenvalue weighted by Crippen LogP contribution is 2.19. The van der Waals surface area contributed by atoms with Crippen molar-refractivity contribution in [3.63, 3.8) is 0 Å². The molecule has 0 aliphatic carbocycles. The van der Waals surface area contributed by atoms with Crippen molar-refractivity contribution in [2.75, 3.05) is 19.0 Å². The molecule has 3 rings (SSSR count). The summed E-state index contributed by atoms with van der Waals surface area (Å²) in [7, 11) is 4.04. The second-order valence-electron chi connectivity index (χ2n) is 6.10. The van der Waals surface area contributed by atoms with Crippen molar-refractivity contribution in [2.24, 2.45) is 4.99 Å². The molecule has 0 spiro atoms. The summed E-state index contributed by atoms with van der Waals surface area (Å²) in [6.45, 7) is 0. The Morgan fingerprint density at radius 1 is 0.741 bits per heavy atom. The standard InChI is InChI=1S/C25H20N2/c1-27(2)24-19-17-23(18-20-24)26-25(22-14-7-4-8-15-22)16-10-9-13-21-11-5-3-6-12-21/h3-8,11-12,14-15,17-20H,1-2H3. The van der Waals surface area contributed by atoms with E-state index < -0.39 is 0 Å². The van der Waals surface area contributed by atoms with Gasteiger partial charge in [-0.15, -0.1) is 0 Å². The molecule has 0 saturated heterocycles. The molecule has 0 N–H and O–H groups in total. The van der Waals surface area contributed by atoms with Gasteiger partial charge in [-0.05, 0) is 54.2 Å². The van der Waals surface area contributed by atoms with Crippen molar-refractivity contribution in [3.8, 4) is 23.7 Å². The first-order valence-corrected chi connectivity index (χ1v) is 8.71. The highest BCUT2D eigenvalue weighted by molar-refractivity contribution is 6.14. The minimum absolute atomic E-state index is 0.704. The molecule has 0 fully saturated rings. The van der Waals surface area contributed by atoms with Crippen LogP contribution in [0.15, 0.2) is 89.9 Å². The van der Waals surface area contributed by atoms with Gasteiger partial charge in [-0.1, -0.05) is 54.5 Å². The third-order valence-electron chi connectivity index (χ3n) is 3.88. The Kier molecular flexibility index (Phi) is 6.08. The van der Waals surface area contributed by atoms with Crippen LogP contribution in [0.4, 0.5) is 11.4 Å². The van der Waals surface area contributed by atoms with Crippen molar-refractivity contribution in [2.45, 2.75) is 0 Å². The maximum absolute atomic E-state index is 4.73. The lowest BCUT2D eigenvalue weighted by molar-refractivity contribution is 1.13. The third-order valence-corrected chi connectivity index (χ3v) is 3.88. The summed E-state index contributed by atoms with van der Waals surface area (Å²) in [5.41, 5.74) is 4.63. The van der Waals surface area contributed by atoms with Crippen LogP contribution in [0.2, 0.25) is 0 Å². The van der Waals surface area contributed by atoms with Crippen LogP contribution in [0.25, 0.3) is 0 Å². The summed E-state index contributed by atoms with van der Waals surface area (Å²) in [5, 5.41) is 0. The Labute approximate surface area is 161 Å². The van der Waals surface area contributed by atoms with E-state index in [1.165, 1.54) is 0 Å². The Balaban J connectivity index is 1.91. The van der Waals surface area contributed by atoms with Gasteiger partial charge in [0.15, 0.2) is 0 Å². The molecule has 130 valence electrons. The SMILES string of the molecule is CN(C)c1ccc(N=C(C#CC#Cc2ccccc2)c2ccccc2)cc1. The monoisotopic (exact) mass is 348 g/mol. The van der Waals surface area contributed by atoms with E-state index in [1.807, 2.05) is 99.0 Å². The zero-order valence-corrected chi connectivity index (χ0v) is 15.5. The van der Waals surface area contributed by atoms with Gasteiger partial charge in [0, 0.05) is 30.9 Å². The van der Waals surface area contributed by atoms with Crippen LogP contribution >= 0.6 is 0 Å². The van der Waals surface area contributed by atoms with E-state index >= 15 is 0 Å². The first kappa shape index (κ1) is 18.1. The molecule has 0 bridgehead atoms. The smallest absolute Gasteiger partial charge is 0.122 e. The topological polar surface area (TPSA) is 15.6 Å². The highest BCUT2D eigenvalue weighted by atomic mass is 15.1. The lowest BCUT2D eigenvalue weighted by Gasteiger charge is -2.11. The number of benzene rings is 3. The third kappa shape index (κ3) is 5.36. The van der Waals surface area contributed by atoms with Crippen LogP contribution in [0.3, 0.4) is 0 Å². The summed E-state index contributed by atoms with van der Waals surface area (Å²) >= 11 is 0. The molecule has 3 aromatic rings. The summed E-state index contributed by atoms with van der Waals surface area (Å²) in [6, 6.07) is 27.9. The fraction of sp³-hybridized carbons (Fsp3) is 0.0800. The summed E-state index contributed by atoms with van der Waals surface area (Å²) < 4.78 is 0. The molecular weight excluding hydrogens is 328 g/mol. The zero-order valence-electron chi connectivity index (χ0n) is 15.5. The van der Waals surface area contributed by atoms with E-state index in [1.54, 1.807) is 0 Å². The summed E-state index contributed by atoms with van der Waals surface area (Å²) in [6.07, 6.45) is 0. The van der Waals surface area contributed by atoms with Crippen LogP contribution < -0.4 is 4.90 Å². The maximum Gasteiger partial charge on any atom is 0.122 e. The van der Waals surface area contributed by atoms with Crippen LogP contribution in [0.5, 0.6) is 0 Å². The second kappa shape index (κ2) is 9.09. The second-order valence-corrected chi connectivity index (χ2v) is 6.10. The molecule has 0 heterocycles. The summed E-state index contributed by atoms with van der Waals surface area (Å²) in [5.74, 6) is 12.0. The van der Waals surface area contributed by atoms with E-state index in [9.17, 15) is 0 Å². The van der Waals surface area contributed by atoms with Crippen molar-refractivity contribution in [3.05, 3.63) is 96.1 Å². The predicted octanol–water partition coefficient (Wildman–Crippen LogP) is 4.93. The summed E-state index contributed by atoms with van der Waals surface area (Å²) in [4.78, 5) is 6.79. The van der Waals surface area contributed by atoms with Crippen molar-refractivity contribution < 1.29 is 0 Å². The number of nitrogens with zero attached hydrogens (tertiary/aromatic N) is 2. The van der Waals surface area contributed by atoms with E-state index in [0.29, 0.717) is 5.71 Å². The van der Waals surface area contributed by atoms with Gasteiger partial charge in [0.1, 0.15) is 5.71 Å². The van der Waals surface area contributed by atoms with Gasteiger partial charge < -0.3 is 4.90 Å². The predicted molar refractivity (Wildman–Crippen MR) is 115 cm³/mol. The molecule has 2 nitrogen and oxygen atoms in total. The number of hydrogen-bond acceptors (Lipinski definition) is 2. The zero-order chi connectivity index (χ0) is 18.9. The first-order valence-electron chi connectivity index (χ1n) is 8.71. The van der Waals surface area contributed by atoms with Crippen molar-refractivity contribution >= 4 is 17.1 Å². The first-order chi connectivity index (χ1) is 13.2. The Hall–Kier alpha value is -3.75. The molecule has 2 heteroatoms. The van der Waals surface area contributed by atoms with Gasteiger partial charge in [0.05, 0.1) is 5.69 Å². The molecule has 0 aliphatic heterocycles. The fourth-order valence-corrected chi connectivity index (χ4v) is 2.43. The lowest BCUT2D eigenvalue weighted by atomic mass is 10.1. The van der Waals surface area contributed by atoms with Gasteiger partial charge in [-0.2, -0.15) is 0 Å². The van der Waals surface area contributed by atoms with Crippen LogP contribution in [0.1, 0.15) is 11.1 Å². The van der Waals surface area contributed by atoms with E-state index in [2.05, 4.69) is 28.6 Å². The Morgan fingerprint density at radius 3 is 2.00 bits per heavy atom. The van der Waals surface area contributed by atoms with E-state index in [-0.39, 0.29) is 0 Å². The minimum Gasteiger partial charge on any atom is -0.378 e. The van der Waals surface area contributed by atoms with Gasteiger partial charge in [0.25, 0.3) is 0 Å². The Morgan fingerprint density at radius 2 is 1.37 bits per heavy atom. The molecule has 0 saturated carbocycles. The normalized spacial score (nSPS) is 10.2. The van der Waals surface area contributed by atoms with Crippen molar-refractivity contribution in [1.29, 1.82) is 0 Å². The van der Waals surface area contributed by atoms with Crippen LogP contribution in [-0.2, 0) is 0 Å². The largest absolute Gasteiger partial charge is 0.378 e. The molecule has 27 heavy (non-hydrogen) atoms. The molecule has 0 unspecified atom stereocenters. The number of aliphatic imine (C=N–C) groups is 1. The molecule has 3 aromatic carbocycles. The van der Waals surface area contributed by atoms with Gasteiger partial charge >= 0.3 is 0 Å². The molecule has 0 radical (unpaired) electrons. The van der Waals surface area contributed by atoms with Crippen molar-refractivity contribution in [1.82, 2.24) is 0 Å². The number of anilines is 1. The van der Waals surface area contributed by atoms with Gasteiger partial charge in [0.2, 0.25) is 0 Å². The molecule has 0 aliphatic rings. The quantitative estimate of drug-likeness (QED) is 0.484. The fourth-order valence-electron chi connectivity index (χ4n) is 2.43.